The number of carbonyl (C=O) groups is 3. The summed E-state index contributed by atoms with van der Waals surface area (Å²) in [4.78, 5) is 48.5. The lowest BCUT2D eigenvalue weighted by Crippen LogP contribution is -2.46. The molecule has 11 heteroatoms. The number of rotatable bonds is 6. The molecule has 1 aliphatic carbocycles. The van der Waals surface area contributed by atoms with Crippen LogP contribution in [0.2, 0.25) is 0 Å². The van der Waals surface area contributed by atoms with Crippen LogP contribution >= 0.6 is 15.9 Å². The minimum absolute atomic E-state index is 0.0472. The van der Waals surface area contributed by atoms with Gasteiger partial charge in [-0.05, 0) is 59.3 Å². The van der Waals surface area contributed by atoms with E-state index < -0.39 is 11.9 Å². The van der Waals surface area contributed by atoms with Gasteiger partial charge in [-0.15, -0.1) is 0 Å². The molecule has 5 rings (SSSR count). The first-order valence-electron chi connectivity index (χ1n) is 10.8. The number of hydrogen-bond donors (Lipinski definition) is 2. The zero-order valence-corrected chi connectivity index (χ0v) is 19.4. The molecule has 2 aliphatic rings. The van der Waals surface area contributed by atoms with Crippen molar-refractivity contribution in [1.29, 1.82) is 0 Å². The van der Waals surface area contributed by atoms with E-state index in [0.717, 1.165) is 12.1 Å². The Labute approximate surface area is 197 Å². The fourth-order valence-electron chi connectivity index (χ4n) is 4.56. The van der Waals surface area contributed by atoms with Crippen molar-refractivity contribution in [3.05, 3.63) is 46.5 Å². The third kappa shape index (κ3) is 3.97. The first kappa shape index (κ1) is 21.5. The lowest BCUT2D eigenvalue weighted by molar-refractivity contribution is -0.138. The number of pyridine rings is 2. The molecule has 0 spiro atoms. The Hall–Kier alpha value is -3.34. The standard InChI is InChI=1S/C22H22BrN7O3/c1-2-12-8-13-16(9-25-12)29(28-20(13)21(24)32)10-19(31)30-14-6-11(14)7-15(30)22(33)27-18-5-3-4-17(23)26-18/h3-5,8-9,11,14-15H,2,6-7,10H2,1H3,(H2,24,32)(H,26,27,33)/t11-,14-,15+/m1/s1. The smallest absolute Gasteiger partial charge is 0.269 e. The highest BCUT2D eigenvalue weighted by Gasteiger charge is 2.56. The highest BCUT2D eigenvalue weighted by molar-refractivity contribution is 9.10. The zero-order valence-electron chi connectivity index (χ0n) is 17.9. The fraction of sp³-hybridized carbons (Fsp3) is 0.364. The number of fused-ring (bicyclic) bond motifs is 2. The second-order valence-corrected chi connectivity index (χ2v) is 9.18. The van der Waals surface area contributed by atoms with Crippen molar-refractivity contribution in [2.45, 2.75) is 44.8 Å². The number of halogens is 1. The Kier molecular flexibility index (Phi) is 5.35. The SMILES string of the molecule is CCc1cc2c(C(N)=O)nn(CC(=O)N3[C@@H]4C[C@@H]4C[C@H]3C(=O)Nc3cccc(Br)n3)c2cn1. The van der Waals surface area contributed by atoms with Gasteiger partial charge in [0, 0.05) is 17.1 Å². The molecule has 4 heterocycles. The van der Waals surface area contributed by atoms with Crippen molar-refractivity contribution in [3.63, 3.8) is 0 Å². The van der Waals surface area contributed by atoms with E-state index in [1.807, 2.05) is 6.92 Å². The van der Waals surface area contributed by atoms with Crippen molar-refractivity contribution in [2.24, 2.45) is 11.7 Å². The molecule has 2 fully saturated rings. The van der Waals surface area contributed by atoms with Gasteiger partial charge in [0.05, 0.1) is 11.7 Å². The largest absolute Gasteiger partial charge is 0.364 e. The molecule has 3 aromatic rings. The molecule has 0 bridgehead atoms. The van der Waals surface area contributed by atoms with Crippen LogP contribution in [0.15, 0.2) is 35.1 Å². The summed E-state index contributed by atoms with van der Waals surface area (Å²) in [5.74, 6) is -0.420. The molecule has 1 saturated heterocycles. The number of aryl methyl sites for hydroxylation is 1. The van der Waals surface area contributed by atoms with Crippen molar-refractivity contribution in [3.8, 4) is 0 Å². The topological polar surface area (TPSA) is 136 Å². The molecule has 1 saturated carbocycles. The number of carbonyl (C=O) groups excluding carboxylic acids is 3. The summed E-state index contributed by atoms with van der Waals surface area (Å²) in [6.45, 7) is 1.85. The average Bonchev–Trinajstić information content (AvgIpc) is 3.29. The predicted octanol–water partition coefficient (Wildman–Crippen LogP) is 1.88. The van der Waals surface area contributed by atoms with Crippen LogP contribution in [0.25, 0.3) is 10.9 Å². The molecule has 0 radical (unpaired) electrons. The van der Waals surface area contributed by atoms with E-state index in [1.165, 1.54) is 4.68 Å². The van der Waals surface area contributed by atoms with E-state index in [2.05, 4.69) is 36.3 Å². The van der Waals surface area contributed by atoms with Crippen LogP contribution in [-0.2, 0) is 22.6 Å². The second-order valence-electron chi connectivity index (χ2n) is 8.37. The van der Waals surface area contributed by atoms with Crippen LogP contribution in [0, 0.1) is 5.92 Å². The van der Waals surface area contributed by atoms with Gasteiger partial charge in [0.1, 0.15) is 23.0 Å². The lowest BCUT2D eigenvalue weighted by Gasteiger charge is -2.26. The molecule has 0 aromatic carbocycles. The highest BCUT2D eigenvalue weighted by Crippen LogP contribution is 2.48. The van der Waals surface area contributed by atoms with Crippen molar-refractivity contribution in [2.75, 3.05) is 5.32 Å². The summed E-state index contributed by atoms with van der Waals surface area (Å²) in [5.41, 5.74) is 6.98. The van der Waals surface area contributed by atoms with E-state index in [-0.39, 0.29) is 30.1 Å². The van der Waals surface area contributed by atoms with E-state index in [4.69, 9.17) is 5.73 Å². The number of primary amides is 1. The summed E-state index contributed by atoms with van der Waals surface area (Å²) >= 11 is 3.29. The van der Waals surface area contributed by atoms with Gasteiger partial charge in [0.2, 0.25) is 11.8 Å². The van der Waals surface area contributed by atoms with Crippen LogP contribution in [0.5, 0.6) is 0 Å². The quantitative estimate of drug-likeness (QED) is 0.484. The Balaban J connectivity index is 1.39. The second kappa shape index (κ2) is 8.22. The molecule has 3 N–H and O–H groups in total. The Morgan fingerprint density at radius 3 is 2.82 bits per heavy atom. The molecule has 3 atom stereocenters. The zero-order chi connectivity index (χ0) is 23.3. The molecule has 3 aromatic heterocycles. The molecule has 0 unspecified atom stereocenters. The van der Waals surface area contributed by atoms with Crippen LogP contribution in [0.3, 0.4) is 0 Å². The van der Waals surface area contributed by atoms with E-state index >= 15 is 0 Å². The number of likely N-dealkylation sites (tertiary alicyclic amines) is 1. The van der Waals surface area contributed by atoms with Crippen LogP contribution in [-0.4, -0.2) is 54.5 Å². The van der Waals surface area contributed by atoms with Gasteiger partial charge in [-0.1, -0.05) is 13.0 Å². The van der Waals surface area contributed by atoms with E-state index in [0.29, 0.717) is 40.1 Å². The number of aromatic nitrogens is 4. The number of nitrogens with one attached hydrogen (secondary N) is 1. The van der Waals surface area contributed by atoms with E-state index in [9.17, 15) is 14.4 Å². The van der Waals surface area contributed by atoms with Gasteiger partial charge in [0.25, 0.3) is 5.91 Å². The first-order chi connectivity index (χ1) is 15.9. The molecule has 3 amide bonds. The third-order valence-corrected chi connectivity index (χ3v) is 6.68. The third-order valence-electron chi connectivity index (χ3n) is 6.24. The van der Waals surface area contributed by atoms with Crippen molar-refractivity contribution in [1.82, 2.24) is 24.6 Å². The minimum atomic E-state index is -0.665. The maximum absolute atomic E-state index is 13.3. The van der Waals surface area contributed by atoms with E-state index in [1.54, 1.807) is 35.4 Å². The van der Waals surface area contributed by atoms with Gasteiger partial charge in [-0.25, -0.2) is 4.98 Å². The Morgan fingerprint density at radius 2 is 2.09 bits per heavy atom. The summed E-state index contributed by atoms with van der Waals surface area (Å²) in [6, 6.07) is 6.48. The normalized spacial score (nSPS) is 21.2. The highest BCUT2D eigenvalue weighted by atomic mass is 79.9. The number of hydrogen-bond acceptors (Lipinski definition) is 6. The average molecular weight is 512 g/mol. The van der Waals surface area contributed by atoms with Gasteiger partial charge >= 0.3 is 0 Å². The van der Waals surface area contributed by atoms with Crippen LogP contribution in [0.4, 0.5) is 5.82 Å². The first-order valence-corrected chi connectivity index (χ1v) is 11.5. The van der Waals surface area contributed by atoms with Gasteiger partial charge in [-0.2, -0.15) is 5.10 Å². The van der Waals surface area contributed by atoms with Crippen LogP contribution < -0.4 is 11.1 Å². The Morgan fingerprint density at radius 1 is 1.27 bits per heavy atom. The van der Waals surface area contributed by atoms with Gasteiger partial charge in [0.15, 0.2) is 5.69 Å². The maximum atomic E-state index is 13.3. The monoisotopic (exact) mass is 511 g/mol. The Bertz CT molecular complexity index is 1290. The number of amides is 3. The number of nitrogens with zero attached hydrogens (tertiary/aromatic N) is 5. The van der Waals surface area contributed by atoms with Crippen LogP contribution in [0.1, 0.15) is 35.9 Å². The van der Waals surface area contributed by atoms with Crippen molar-refractivity contribution < 1.29 is 14.4 Å². The molecular weight excluding hydrogens is 490 g/mol. The number of piperidine rings is 1. The summed E-state index contributed by atoms with van der Waals surface area (Å²) in [7, 11) is 0. The van der Waals surface area contributed by atoms with Gasteiger partial charge < -0.3 is 16.0 Å². The van der Waals surface area contributed by atoms with Gasteiger partial charge in [-0.3, -0.25) is 24.0 Å². The fourth-order valence-corrected chi connectivity index (χ4v) is 4.90. The summed E-state index contributed by atoms with van der Waals surface area (Å²) in [5, 5.41) is 7.68. The molecule has 10 nitrogen and oxygen atoms in total. The van der Waals surface area contributed by atoms with Crippen molar-refractivity contribution >= 4 is 50.4 Å². The summed E-state index contributed by atoms with van der Waals surface area (Å²) < 4.78 is 2.06. The molecule has 33 heavy (non-hydrogen) atoms. The summed E-state index contributed by atoms with van der Waals surface area (Å²) in [6.07, 6.45) is 3.80. The predicted molar refractivity (Wildman–Crippen MR) is 123 cm³/mol. The maximum Gasteiger partial charge on any atom is 0.269 e. The number of anilines is 1. The lowest BCUT2D eigenvalue weighted by atomic mass is 10.1. The number of nitrogens with two attached hydrogens (primary N) is 1. The minimum Gasteiger partial charge on any atom is -0.364 e. The molecular formula is C22H22BrN7O3. The molecule has 170 valence electrons. The molecule has 1 aliphatic heterocycles.